The predicted octanol–water partition coefficient (Wildman–Crippen LogP) is 4.70. The van der Waals surface area contributed by atoms with Crippen LogP contribution in [-0.4, -0.2) is 31.4 Å². The van der Waals surface area contributed by atoms with Gasteiger partial charge in [-0.1, -0.05) is 47.7 Å². The average molecular weight is 446 g/mol. The second kappa shape index (κ2) is 10.6. The molecule has 29 heavy (non-hydrogen) atoms. The fourth-order valence-electron chi connectivity index (χ4n) is 2.49. The molecule has 0 saturated heterocycles. The summed E-state index contributed by atoms with van der Waals surface area (Å²) < 4.78 is 2.01. The topological polar surface area (TPSA) is 72.7 Å². The number of carbonyl (C=O) groups is 1. The molecule has 2 heterocycles. The van der Waals surface area contributed by atoms with Crippen LogP contribution in [0.25, 0.3) is 0 Å². The molecule has 3 rings (SSSR count). The molecule has 1 aromatic carbocycles. The summed E-state index contributed by atoms with van der Waals surface area (Å²) in [6, 6.07) is 8.56. The van der Waals surface area contributed by atoms with Crippen molar-refractivity contribution in [3.8, 4) is 0 Å². The summed E-state index contributed by atoms with van der Waals surface area (Å²) in [6.45, 7) is 8.43. The lowest BCUT2D eigenvalue weighted by Gasteiger charge is -2.08. The summed E-state index contributed by atoms with van der Waals surface area (Å²) in [7, 11) is 0. The van der Waals surface area contributed by atoms with Crippen LogP contribution in [0.4, 0.5) is 5.13 Å². The highest BCUT2D eigenvalue weighted by atomic mass is 32.2. The second-order valence-electron chi connectivity index (χ2n) is 6.41. The van der Waals surface area contributed by atoms with E-state index in [0.29, 0.717) is 11.7 Å². The molecule has 6 nitrogen and oxygen atoms in total. The Morgan fingerprint density at radius 3 is 2.72 bits per heavy atom. The highest BCUT2D eigenvalue weighted by Gasteiger charge is 2.14. The van der Waals surface area contributed by atoms with E-state index in [-0.39, 0.29) is 11.7 Å². The van der Waals surface area contributed by atoms with Gasteiger partial charge in [-0.25, -0.2) is 4.98 Å². The van der Waals surface area contributed by atoms with Crippen molar-refractivity contribution < 1.29 is 4.79 Å². The van der Waals surface area contributed by atoms with E-state index in [1.54, 1.807) is 11.8 Å². The third-order valence-corrected chi connectivity index (χ3v) is 6.77. The summed E-state index contributed by atoms with van der Waals surface area (Å²) in [5.41, 5.74) is 3.45. The average Bonchev–Trinajstić information content (AvgIpc) is 3.28. The molecule has 3 aromatic rings. The van der Waals surface area contributed by atoms with E-state index in [0.717, 1.165) is 28.2 Å². The molecule has 0 aliphatic rings. The SMILES string of the molecule is C=CCn1c(CSCc2ccc(C)cc2)nnc1SCC(=O)Nc1nc(C)cs1. The Labute approximate surface area is 183 Å². The van der Waals surface area contributed by atoms with Gasteiger partial charge in [0.2, 0.25) is 5.91 Å². The fourth-order valence-corrected chi connectivity index (χ4v) is 4.88. The minimum absolute atomic E-state index is 0.104. The van der Waals surface area contributed by atoms with Crippen LogP contribution in [0.15, 0.2) is 47.5 Å². The van der Waals surface area contributed by atoms with Gasteiger partial charge in [0.15, 0.2) is 10.3 Å². The first-order valence-corrected chi connectivity index (χ1v) is 12.1. The Morgan fingerprint density at radius 2 is 2.03 bits per heavy atom. The zero-order chi connectivity index (χ0) is 20.6. The molecule has 0 bridgehead atoms. The summed E-state index contributed by atoms with van der Waals surface area (Å²) >= 11 is 4.59. The Hall–Kier alpha value is -2.10. The molecule has 0 atom stereocenters. The van der Waals surface area contributed by atoms with Crippen molar-refractivity contribution >= 4 is 45.9 Å². The van der Waals surface area contributed by atoms with E-state index in [2.05, 4.69) is 58.3 Å². The molecule has 0 spiro atoms. The van der Waals surface area contributed by atoms with Crippen LogP contribution in [0.5, 0.6) is 0 Å². The minimum atomic E-state index is -0.104. The first-order valence-electron chi connectivity index (χ1n) is 9.06. The van der Waals surface area contributed by atoms with Gasteiger partial charge in [0.05, 0.1) is 17.2 Å². The zero-order valence-electron chi connectivity index (χ0n) is 16.4. The Balaban J connectivity index is 1.55. The van der Waals surface area contributed by atoms with E-state index >= 15 is 0 Å². The smallest absolute Gasteiger partial charge is 0.236 e. The van der Waals surface area contributed by atoms with E-state index in [9.17, 15) is 4.79 Å². The number of amides is 1. The highest BCUT2D eigenvalue weighted by molar-refractivity contribution is 7.99. The molecule has 0 aliphatic heterocycles. The predicted molar refractivity (Wildman–Crippen MR) is 123 cm³/mol. The number of aromatic nitrogens is 4. The van der Waals surface area contributed by atoms with Crippen molar-refractivity contribution in [1.82, 2.24) is 19.7 Å². The lowest BCUT2D eigenvalue weighted by Crippen LogP contribution is -2.14. The maximum Gasteiger partial charge on any atom is 0.236 e. The number of rotatable bonds is 10. The van der Waals surface area contributed by atoms with Gasteiger partial charge in [-0.2, -0.15) is 0 Å². The number of thiazole rings is 1. The van der Waals surface area contributed by atoms with Gasteiger partial charge in [-0.05, 0) is 19.4 Å². The molecule has 0 fully saturated rings. The third kappa shape index (κ3) is 6.45. The molecule has 0 aliphatic carbocycles. The van der Waals surface area contributed by atoms with E-state index in [1.807, 2.05) is 22.9 Å². The number of nitrogens with zero attached hydrogens (tertiary/aromatic N) is 4. The highest BCUT2D eigenvalue weighted by Crippen LogP contribution is 2.23. The number of carbonyl (C=O) groups excluding carboxylic acids is 1. The van der Waals surface area contributed by atoms with Crippen LogP contribution in [0.1, 0.15) is 22.6 Å². The molecule has 0 saturated carbocycles. The standard InChI is InChI=1S/C20H23N5OS3/c1-4-9-25-17(12-27-11-16-7-5-14(2)6-8-16)23-24-20(25)29-13-18(26)22-19-21-15(3)10-28-19/h4-8,10H,1,9,11-13H2,2-3H3,(H,21,22,26). The van der Waals surface area contributed by atoms with E-state index < -0.39 is 0 Å². The van der Waals surface area contributed by atoms with Crippen molar-refractivity contribution in [2.45, 2.75) is 37.1 Å². The van der Waals surface area contributed by atoms with Gasteiger partial charge in [-0.3, -0.25) is 4.79 Å². The van der Waals surface area contributed by atoms with Crippen molar-refractivity contribution in [3.05, 3.63) is 64.9 Å². The molecule has 2 aromatic heterocycles. The number of anilines is 1. The van der Waals surface area contributed by atoms with Gasteiger partial charge < -0.3 is 9.88 Å². The van der Waals surface area contributed by atoms with Crippen molar-refractivity contribution in [2.75, 3.05) is 11.1 Å². The van der Waals surface area contributed by atoms with Gasteiger partial charge in [0, 0.05) is 17.7 Å². The Morgan fingerprint density at radius 1 is 1.24 bits per heavy atom. The van der Waals surface area contributed by atoms with E-state index in [4.69, 9.17) is 0 Å². The lowest BCUT2D eigenvalue weighted by molar-refractivity contribution is -0.113. The van der Waals surface area contributed by atoms with Crippen LogP contribution in [0.2, 0.25) is 0 Å². The quantitative estimate of drug-likeness (QED) is 0.360. The number of thioether (sulfide) groups is 2. The molecule has 9 heteroatoms. The molecule has 1 N–H and O–H groups in total. The maximum absolute atomic E-state index is 12.2. The number of allylic oxidation sites excluding steroid dienone is 1. The normalized spacial score (nSPS) is 10.8. The van der Waals surface area contributed by atoms with Crippen LogP contribution < -0.4 is 5.32 Å². The van der Waals surface area contributed by atoms with Gasteiger partial charge >= 0.3 is 0 Å². The molecule has 152 valence electrons. The zero-order valence-corrected chi connectivity index (χ0v) is 18.9. The summed E-state index contributed by atoms with van der Waals surface area (Å²) in [5, 5.41) is 14.7. The Bertz CT molecular complexity index is 965. The lowest BCUT2D eigenvalue weighted by atomic mass is 10.2. The third-order valence-electron chi connectivity index (χ3n) is 3.92. The summed E-state index contributed by atoms with van der Waals surface area (Å²) in [6.07, 6.45) is 1.82. The second-order valence-corrected chi connectivity index (χ2v) is 9.19. The molecule has 0 unspecified atom stereocenters. The van der Waals surface area contributed by atoms with Crippen LogP contribution >= 0.6 is 34.9 Å². The van der Waals surface area contributed by atoms with Crippen molar-refractivity contribution in [1.29, 1.82) is 0 Å². The number of nitrogens with one attached hydrogen (secondary N) is 1. The van der Waals surface area contributed by atoms with Crippen LogP contribution in [0, 0.1) is 13.8 Å². The van der Waals surface area contributed by atoms with Crippen LogP contribution in [-0.2, 0) is 22.8 Å². The first-order chi connectivity index (χ1) is 14.0. The number of hydrogen-bond acceptors (Lipinski definition) is 7. The molecular weight excluding hydrogens is 422 g/mol. The van der Waals surface area contributed by atoms with Gasteiger partial charge in [0.25, 0.3) is 0 Å². The number of aryl methyl sites for hydroxylation is 2. The largest absolute Gasteiger partial charge is 0.301 e. The Kier molecular flexibility index (Phi) is 7.91. The summed E-state index contributed by atoms with van der Waals surface area (Å²) in [4.78, 5) is 16.4. The minimum Gasteiger partial charge on any atom is -0.301 e. The fraction of sp³-hybridized carbons (Fsp3) is 0.300. The molecule has 1 amide bonds. The molecule has 0 radical (unpaired) electrons. The van der Waals surface area contributed by atoms with Gasteiger partial charge in [-0.15, -0.1) is 39.9 Å². The van der Waals surface area contributed by atoms with Crippen molar-refractivity contribution in [3.63, 3.8) is 0 Å². The first kappa shape index (κ1) is 21.6. The monoisotopic (exact) mass is 445 g/mol. The summed E-state index contributed by atoms with van der Waals surface area (Å²) in [5.74, 6) is 2.71. The van der Waals surface area contributed by atoms with Crippen LogP contribution in [0.3, 0.4) is 0 Å². The van der Waals surface area contributed by atoms with Crippen molar-refractivity contribution in [2.24, 2.45) is 0 Å². The molecular formula is C20H23N5OS3. The maximum atomic E-state index is 12.2. The van der Waals surface area contributed by atoms with Gasteiger partial charge in [0.1, 0.15) is 5.82 Å². The number of benzene rings is 1. The number of hydrogen-bond donors (Lipinski definition) is 1. The van der Waals surface area contributed by atoms with E-state index in [1.165, 1.54) is 34.2 Å².